The van der Waals surface area contributed by atoms with Gasteiger partial charge in [-0.25, -0.2) is 0 Å². The van der Waals surface area contributed by atoms with Crippen LogP contribution in [-0.2, 0) is 22.0 Å². The van der Waals surface area contributed by atoms with Crippen molar-refractivity contribution >= 4 is 5.91 Å². The summed E-state index contributed by atoms with van der Waals surface area (Å²) in [4.78, 5) is 16.3. The minimum absolute atomic E-state index is 0.00207. The number of carbonyl (C=O) groups excluding carboxylic acids is 1. The smallest absolute Gasteiger partial charge is 0.226 e. The largest absolute Gasteiger partial charge is 0.492 e. The Hall–Kier alpha value is -2.37. The number of nitrogens with one attached hydrogen (secondary N) is 1. The molecule has 0 saturated heterocycles. The molecule has 1 aromatic heterocycles. The number of nitrogens with zero attached hydrogens (tertiary/aromatic N) is 2. The van der Waals surface area contributed by atoms with E-state index >= 15 is 0 Å². The molecular formula is C22H33N3O3. The fraction of sp³-hybridized carbons (Fsp3) is 0.591. The highest BCUT2D eigenvalue weighted by molar-refractivity contribution is 5.75. The molecule has 0 aliphatic rings. The van der Waals surface area contributed by atoms with Gasteiger partial charge in [-0.05, 0) is 29.5 Å². The Morgan fingerprint density at radius 3 is 2.32 bits per heavy atom. The number of amides is 1. The van der Waals surface area contributed by atoms with Crippen LogP contribution in [0.1, 0.15) is 71.7 Å². The summed E-state index contributed by atoms with van der Waals surface area (Å²) in [5, 5.41) is 6.86. The average molecular weight is 388 g/mol. The van der Waals surface area contributed by atoms with Gasteiger partial charge in [-0.15, -0.1) is 0 Å². The molecule has 6 heteroatoms. The summed E-state index contributed by atoms with van der Waals surface area (Å²) in [7, 11) is 0. The zero-order chi connectivity index (χ0) is 20.8. The fourth-order valence-corrected chi connectivity index (χ4v) is 2.56. The third-order valence-electron chi connectivity index (χ3n) is 4.35. The van der Waals surface area contributed by atoms with Crippen molar-refractivity contribution in [3.05, 3.63) is 41.5 Å². The number of benzene rings is 1. The second-order valence-corrected chi connectivity index (χ2v) is 9.09. The van der Waals surface area contributed by atoms with Crippen LogP contribution in [0.2, 0.25) is 0 Å². The van der Waals surface area contributed by atoms with Crippen LogP contribution in [-0.4, -0.2) is 29.2 Å². The first-order valence-electron chi connectivity index (χ1n) is 9.89. The lowest BCUT2D eigenvalue weighted by Crippen LogP contribution is -2.27. The van der Waals surface area contributed by atoms with Gasteiger partial charge in [0.1, 0.15) is 12.4 Å². The Balaban J connectivity index is 1.62. The first-order valence-corrected chi connectivity index (χ1v) is 9.89. The van der Waals surface area contributed by atoms with E-state index in [1.54, 1.807) is 0 Å². The Kier molecular flexibility index (Phi) is 7.22. The molecule has 0 atom stereocenters. The summed E-state index contributed by atoms with van der Waals surface area (Å²) in [6.45, 7) is 13.6. The lowest BCUT2D eigenvalue weighted by Gasteiger charge is -2.19. The van der Waals surface area contributed by atoms with E-state index in [1.165, 1.54) is 5.56 Å². The highest BCUT2D eigenvalue weighted by Crippen LogP contribution is 2.24. The zero-order valence-corrected chi connectivity index (χ0v) is 18.0. The van der Waals surface area contributed by atoms with E-state index in [-0.39, 0.29) is 16.7 Å². The van der Waals surface area contributed by atoms with Crippen LogP contribution in [0.5, 0.6) is 5.75 Å². The molecule has 0 spiro atoms. The molecule has 0 saturated carbocycles. The maximum Gasteiger partial charge on any atom is 0.226 e. The van der Waals surface area contributed by atoms with Gasteiger partial charge in [-0.3, -0.25) is 4.79 Å². The van der Waals surface area contributed by atoms with Gasteiger partial charge in [0.05, 0.1) is 6.54 Å². The highest BCUT2D eigenvalue weighted by Gasteiger charge is 2.20. The molecule has 0 radical (unpaired) electrons. The van der Waals surface area contributed by atoms with E-state index in [0.29, 0.717) is 44.1 Å². The topological polar surface area (TPSA) is 77.2 Å². The second-order valence-electron chi connectivity index (χ2n) is 9.09. The summed E-state index contributed by atoms with van der Waals surface area (Å²) in [6, 6.07) is 8.10. The molecule has 0 fully saturated rings. The van der Waals surface area contributed by atoms with Crippen molar-refractivity contribution < 1.29 is 14.1 Å². The molecule has 1 heterocycles. The van der Waals surface area contributed by atoms with Crippen LogP contribution >= 0.6 is 0 Å². The lowest BCUT2D eigenvalue weighted by molar-refractivity contribution is -0.121. The molecule has 1 amide bonds. The predicted molar refractivity (Wildman–Crippen MR) is 110 cm³/mol. The monoisotopic (exact) mass is 387 g/mol. The van der Waals surface area contributed by atoms with Gasteiger partial charge < -0.3 is 14.6 Å². The number of hydrogen-bond acceptors (Lipinski definition) is 5. The molecule has 28 heavy (non-hydrogen) atoms. The normalized spacial score (nSPS) is 12.1. The number of aryl methyl sites for hydroxylation is 1. The van der Waals surface area contributed by atoms with Gasteiger partial charge in [0.15, 0.2) is 5.82 Å². The number of hydrogen-bond donors (Lipinski definition) is 1. The van der Waals surface area contributed by atoms with E-state index in [2.05, 4.69) is 48.4 Å². The Labute approximate surface area is 168 Å². The van der Waals surface area contributed by atoms with Crippen molar-refractivity contribution in [3.8, 4) is 5.75 Å². The lowest BCUT2D eigenvalue weighted by atomic mass is 9.87. The third kappa shape index (κ3) is 6.98. The molecule has 6 nitrogen and oxygen atoms in total. The average Bonchev–Trinajstić information content (AvgIpc) is 3.08. The standard InChI is InChI=1S/C22H33N3O3/c1-21(2,3)16-10-12-17(13-11-16)27-15-14-23-18(26)8-7-9-19-24-20(25-28-19)22(4,5)6/h10-13H,7-9,14-15H2,1-6H3,(H,23,26). The summed E-state index contributed by atoms with van der Waals surface area (Å²) >= 11 is 0. The molecule has 2 aromatic rings. The van der Waals surface area contributed by atoms with Crippen LogP contribution in [0.25, 0.3) is 0 Å². The van der Waals surface area contributed by atoms with Crippen molar-refractivity contribution in [1.29, 1.82) is 0 Å². The summed E-state index contributed by atoms with van der Waals surface area (Å²) in [5.41, 5.74) is 1.26. The van der Waals surface area contributed by atoms with E-state index in [1.807, 2.05) is 32.9 Å². The van der Waals surface area contributed by atoms with Gasteiger partial charge in [0.2, 0.25) is 11.8 Å². The van der Waals surface area contributed by atoms with Crippen LogP contribution in [0, 0.1) is 0 Å². The van der Waals surface area contributed by atoms with Crippen molar-refractivity contribution in [2.24, 2.45) is 0 Å². The number of carbonyl (C=O) groups is 1. The minimum Gasteiger partial charge on any atom is -0.492 e. The molecule has 1 aromatic carbocycles. The quantitative estimate of drug-likeness (QED) is 0.688. The highest BCUT2D eigenvalue weighted by atomic mass is 16.5. The minimum atomic E-state index is -0.133. The van der Waals surface area contributed by atoms with Gasteiger partial charge in [-0.1, -0.05) is 58.8 Å². The third-order valence-corrected chi connectivity index (χ3v) is 4.35. The second kappa shape index (κ2) is 9.22. The number of rotatable bonds is 8. The van der Waals surface area contributed by atoms with Crippen molar-refractivity contribution in [1.82, 2.24) is 15.5 Å². The Bertz CT molecular complexity index is 753. The van der Waals surface area contributed by atoms with Gasteiger partial charge in [0, 0.05) is 18.3 Å². The molecule has 154 valence electrons. The molecule has 1 N–H and O–H groups in total. The SMILES string of the molecule is CC(C)(C)c1ccc(OCCNC(=O)CCCc2nc(C(C)(C)C)no2)cc1. The van der Waals surface area contributed by atoms with E-state index in [0.717, 1.165) is 5.75 Å². The van der Waals surface area contributed by atoms with Crippen LogP contribution in [0.15, 0.2) is 28.8 Å². The van der Waals surface area contributed by atoms with Crippen LogP contribution in [0.3, 0.4) is 0 Å². The first kappa shape index (κ1) is 21.9. The molecule has 0 aliphatic heterocycles. The molecular weight excluding hydrogens is 354 g/mol. The predicted octanol–water partition coefficient (Wildman–Crippen LogP) is 4.18. The van der Waals surface area contributed by atoms with Gasteiger partial charge in [0.25, 0.3) is 0 Å². The molecule has 0 aliphatic carbocycles. The van der Waals surface area contributed by atoms with Gasteiger partial charge in [-0.2, -0.15) is 4.98 Å². The number of aromatic nitrogens is 2. The van der Waals surface area contributed by atoms with Crippen molar-refractivity contribution in [2.75, 3.05) is 13.2 Å². The number of ether oxygens (including phenoxy) is 1. The Morgan fingerprint density at radius 2 is 1.75 bits per heavy atom. The van der Waals surface area contributed by atoms with Gasteiger partial charge >= 0.3 is 0 Å². The fourth-order valence-electron chi connectivity index (χ4n) is 2.56. The first-order chi connectivity index (χ1) is 13.1. The maximum atomic E-state index is 11.9. The molecule has 0 bridgehead atoms. The van der Waals surface area contributed by atoms with Crippen LogP contribution in [0.4, 0.5) is 0 Å². The zero-order valence-electron chi connectivity index (χ0n) is 18.0. The molecule has 2 rings (SSSR count). The van der Waals surface area contributed by atoms with E-state index in [9.17, 15) is 4.79 Å². The van der Waals surface area contributed by atoms with E-state index < -0.39 is 0 Å². The maximum absolute atomic E-state index is 11.9. The van der Waals surface area contributed by atoms with Crippen molar-refractivity contribution in [2.45, 2.75) is 71.6 Å². The van der Waals surface area contributed by atoms with E-state index in [4.69, 9.17) is 9.26 Å². The summed E-state index contributed by atoms with van der Waals surface area (Å²) in [6.07, 6.45) is 1.70. The Morgan fingerprint density at radius 1 is 1.07 bits per heavy atom. The summed E-state index contributed by atoms with van der Waals surface area (Å²) < 4.78 is 10.9. The van der Waals surface area contributed by atoms with Crippen molar-refractivity contribution in [3.63, 3.8) is 0 Å². The summed E-state index contributed by atoms with van der Waals surface area (Å²) in [5.74, 6) is 2.09. The molecule has 0 unspecified atom stereocenters. The van der Waals surface area contributed by atoms with Crippen LogP contribution < -0.4 is 10.1 Å².